The first-order valence-corrected chi connectivity index (χ1v) is 12.6. The third kappa shape index (κ3) is 2.66. The first kappa shape index (κ1) is 20.6. The first-order valence-electron chi connectivity index (χ1n) is 11.7. The number of aliphatic hydroxyl groups is 2. The highest BCUT2D eigenvalue weighted by molar-refractivity contribution is 7.26. The predicted octanol–water partition coefficient (Wildman–Crippen LogP) is 6.94. The lowest BCUT2D eigenvalue weighted by atomic mass is 9.63. The minimum absolute atomic E-state index is 0.700. The van der Waals surface area contributed by atoms with Gasteiger partial charge in [0.25, 0.3) is 0 Å². The molecule has 0 spiro atoms. The van der Waals surface area contributed by atoms with Gasteiger partial charge in [-0.3, -0.25) is 0 Å². The number of thiophene rings is 1. The van der Waals surface area contributed by atoms with Gasteiger partial charge in [0.1, 0.15) is 11.2 Å². The van der Waals surface area contributed by atoms with Gasteiger partial charge in [0.2, 0.25) is 0 Å². The summed E-state index contributed by atoms with van der Waals surface area (Å²) >= 11 is 1.67. The fourth-order valence-corrected chi connectivity index (χ4v) is 7.12. The maximum Gasteiger partial charge on any atom is 0.142 e. The third-order valence-electron chi connectivity index (χ3n) is 7.39. The zero-order valence-corrected chi connectivity index (χ0v) is 19.7. The van der Waals surface area contributed by atoms with Gasteiger partial charge in [0.05, 0.1) is 0 Å². The smallest absolute Gasteiger partial charge is 0.142 e. The van der Waals surface area contributed by atoms with Gasteiger partial charge in [-0.05, 0) is 28.3 Å². The van der Waals surface area contributed by atoms with Crippen molar-refractivity contribution in [3.63, 3.8) is 0 Å². The van der Waals surface area contributed by atoms with Crippen LogP contribution >= 0.6 is 11.3 Å². The van der Waals surface area contributed by atoms with Gasteiger partial charge in [0.15, 0.2) is 0 Å². The summed E-state index contributed by atoms with van der Waals surface area (Å²) in [5, 5.41) is 27.7. The van der Waals surface area contributed by atoms with Gasteiger partial charge in [-0.1, -0.05) is 115 Å². The molecule has 0 saturated heterocycles. The summed E-state index contributed by atoms with van der Waals surface area (Å²) in [4.78, 5) is 0. The summed E-state index contributed by atoms with van der Waals surface area (Å²) in [5.74, 6) is 0. The maximum atomic E-state index is 12.8. The molecule has 1 aliphatic carbocycles. The monoisotopic (exact) mass is 470 g/mol. The van der Waals surface area contributed by atoms with Crippen molar-refractivity contribution < 1.29 is 10.2 Å². The molecule has 3 heteroatoms. The molecule has 2 nitrogen and oxygen atoms in total. The van der Waals surface area contributed by atoms with Crippen molar-refractivity contribution in [2.75, 3.05) is 0 Å². The molecule has 0 saturated carbocycles. The molecule has 0 amide bonds. The Bertz CT molecular complexity index is 1720. The van der Waals surface area contributed by atoms with Gasteiger partial charge in [-0.15, -0.1) is 11.3 Å². The zero-order chi connectivity index (χ0) is 23.6. The average Bonchev–Trinajstić information content (AvgIpc) is 3.31. The SMILES string of the molecule is OC1(c2ccccc2)c2ccccc2C(O)(c2ccccc2)c2c1ccc1c2sc2ccccc21. The van der Waals surface area contributed by atoms with E-state index in [1.807, 2.05) is 103 Å². The molecule has 5 aromatic carbocycles. The van der Waals surface area contributed by atoms with E-state index in [0.29, 0.717) is 16.7 Å². The molecule has 1 aliphatic rings. The molecule has 2 N–H and O–H groups in total. The summed E-state index contributed by atoms with van der Waals surface area (Å²) in [7, 11) is 0. The van der Waals surface area contributed by atoms with Crippen molar-refractivity contribution in [1.82, 2.24) is 0 Å². The Labute approximate surface area is 207 Å². The van der Waals surface area contributed by atoms with Crippen molar-refractivity contribution in [3.8, 4) is 0 Å². The zero-order valence-electron chi connectivity index (χ0n) is 18.8. The van der Waals surface area contributed by atoms with E-state index in [2.05, 4.69) is 18.2 Å². The van der Waals surface area contributed by atoms with Crippen LogP contribution in [-0.2, 0) is 11.2 Å². The van der Waals surface area contributed by atoms with Gasteiger partial charge >= 0.3 is 0 Å². The Morgan fingerprint density at radius 3 is 1.69 bits per heavy atom. The molecule has 0 aliphatic heterocycles. The van der Waals surface area contributed by atoms with Gasteiger partial charge in [-0.25, -0.2) is 0 Å². The van der Waals surface area contributed by atoms with Crippen LogP contribution in [0.3, 0.4) is 0 Å². The molecule has 2 unspecified atom stereocenters. The van der Waals surface area contributed by atoms with Crippen LogP contribution in [-0.4, -0.2) is 10.2 Å². The van der Waals surface area contributed by atoms with E-state index >= 15 is 0 Å². The normalized spacial score (nSPS) is 21.1. The van der Waals surface area contributed by atoms with Crippen LogP contribution < -0.4 is 0 Å². The van der Waals surface area contributed by atoms with E-state index in [-0.39, 0.29) is 0 Å². The standard InChI is InChI=1S/C32H22O2S/c33-31(21-11-3-1-4-12-21)25-16-8-9-17-26(25)32(34,22-13-5-2-6-14-22)29-27(31)20-19-24-23-15-7-10-18-28(23)35-30(24)29/h1-20,33-34H. The van der Waals surface area contributed by atoms with Gasteiger partial charge in [-0.2, -0.15) is 0 Å². The minimum atomic E-state index is -1.42. The number of benzene rings is 5. The van der Waals surface area contributed by atoms with Crippen LogP contribution in [0.2, 0.25) is 0 Å². The average molecular weight is 471 g/mol. The summed E-state index contributed by atoms with van der Waals surface area (Å²) in [6, 6.07) is 39.8. The van der Waals surface area contributed by atoms with Gasteiger partial charge in [0, 0.05) is 31.3 Å². The molecule has 2 atom stereocenters. The molecule has 168 valence electrons. The van der Waals surface area contributed by atoms with E-state index in [0.717, 1.165) is 36.9 Å². The molecule has 0 bridgehead atoms. The Kier molecular flexibility index (Phi) is 4.34. The Morgan fingerprint density at radius 1 is 0.457 bits per heavy atom. The van der Waals surface area contributed by atoms with Crippen molar-refractivity contribution in [1.29, 1.82) is 0 Å². The van der Waals surface area contributed by atoms with Crippen molar-refractivity contribution in [3.05, 3.63) is 155 Å². The minimum Gasteiger partial charge on any atom is -0.376 e. The van der Waals surface area contributed by atoms with Crippen LogP contribution in [0.25, 0.3) is 20.2 Å². The second-order valence-electron chi connectivity index (χ2n) is 9.16. The highest BCUT2D eigenvalue weighted by atomic mass is 32.1. The first-order chi connectivity index (χ1) is 17.1. The summed E-state index contributed by atoms with van der Waals surface area (Å²) in [6.07, 6.45) is 0. The number of hydrogen-bond donors (Lipinski definition) is 2. The van der Waals surface area contributed by atoms with E-state index in [4.69, 9.17) is 0 Å². The lowest BCUT2D eigenvalue weighted by Gasteiger charge is -2.45. The van der Waals surface area contributed by atoms with Gasteiger partial charge < -0.3 is 10.2 Å². The number of rotatable bonds is 2. The van der Waals surface area contributed by atoms with E-state index in [1.165, 1.54) is 0 Å². The van der Waals surface area contributed by atoms with Crippen LogP contribution in [0.15, 0.2) is 121 Å². The van der Waals surface area contributed by atoms with Crippen LogP contribution in [0.4, 0.5) is 0 Å². The molecule has 0 fully saturated rings. The molecule has 35 heavy (non-hydrogen) atoms. The van der Waals surface area contributed by atoms with E-state index < -0.39 is 11.2 Å². The van der Waals surface area contributed by atoms with E-state index in [9.17, 15) is 10.2 Å². The number of fused-ring (bicyclic) bond motifs is 6. The lowest BCUT2D eigenvalue weighted by Crippen LogP contribution is -2.44. The third-order valence-corrected chi connectivity index (χ3v) is 8.59. The highest BCUT2D eigenvalue weighted by Gasteiger charge is 2.51. The van der Waals surface area contributed by atoms with Crippen molar-refractivity contribution in [2.45, 2.75) is 11.2 Å². The van der Waals surface area contributed by atoms with Crippen LogP contribution in [0.5, 0.6) is 0 Å². The molecule has 7 rings (SSSR count). The molecular formula is C32H22O2S. The Morgan fingerprint density at radius 2 is 1.00 bits per heavy atom. The molecule has 1 aromatic heterocycles. The summed E-state index contributed by atoms with van der Waals surface area (Å²) in [5.41, 5.74) is 1.62. The second kappa shape index (κ2) is 7.37. The maximum absolute atomic E-state index is 12.8. The molecule has 0 radical (unpaired) electrons. The quantitative estimate of drug-likeness (QED) is 0.288. The Hall–Kier alpha value is -3.76. The predicted molar refractivity (Wildman–Crippen MR) is 143 cm³/mol. The van der Waals surface area contributed by atoms with E-state index in [1.54, 1.807) is 11.3 Å². The summed E-state index contributed by atoms with van der Waals surface area (Å²) < 4.78 is 2.16. The summed E-state index contributed by atoms with van der Waals surface area (Å²) in [6.45, 7) is 0. The lowest BCUT2D eigenvalue weighted by molar-refractivity contribution is 0.0762. The Balaban J connectivity index is 1.71. The topological polar surface area (TPSA) is 40.5 Å². The second-order valence-corrected chi connectivity index (χ2v) is 10.2. The van der Waals surface area contributed by atoms with Crippen LogP contribution in [0, 0.1) is 0 Å². The largest absolute Gasteiger partial charge is 0.376 e. The fraction of sp³-hybridized carbons (Fsp3) is 0.0625. The molecule has 6 aromatic rings. The molecular weight excluding hydrogens is 448 g/mol. The van der Waals surface area contributed by atoms with Crippen molar-refractivity contribution in [2.24, 2.45) is 0 Å². The fourth-order valence-electron chi connectivity index (χ4n) is 5.81. The van der Waals surface area contributed by atoms with Crippen molar-refractivity contribution >= 4 is 31.5 Å². The molecule has 1 heterocycles. The van der Waals surface area contributed by atoms with Crippen LogP contribution in [0.1, 0.15) is 33.4 Å². The highest BCUT2D eigenvalue weighted by Crippen LogP contribution is 2.56. The number of hydrogen-bond acceptors (Lipinski definition) is 3.